The molecule has 0 atom stereocenters. The van der Waals surface area contributed by atoms with Crippen LogP contribution in [0, 0.1) is 6.92 Å². The number of ether oxygens (including phenoxy) is 2. The molecule has 3 aliphatic rings. The van der Waals surface area contributed by atoms with Crippen molar-refractivity contribution >= 4 is 40.8 Å². The van der Waals surface area contributed by atoms with Gasteiger partial charge in [0, 0.05) is 67.9 Å². The van der Waals surface area contributed by atoms with Crippen LogP contribution in [0.4, 0.5) is 11.4 Å². The molecule has 0 unspecified atom stereocenters. The van der Waals surface area contributed by atoms with Crippen molar-refractivity contribution in [2.24, 2.45) is 7.05 Å². The molecule has 5 heterocycles. The van der Waals surface area contributed by atoms with Gasteiger partial charge in [-0.2, -0.15) is 0 Å². The Morgan fingerprint density at radius 3 is 2.46 bits per heavy atom. The number of hydrogen-bond acceptors (Lipinski definition) is 9. The number of fused-ring (bicyclic) bond motifs is 2. The highest BCUT2D eigenvalue weighted by molar-refractivity contribution is 6.36. The van der Waals surface area contributed by atoms with Crippen molar-refractivity contribution < 1.29 is 29.0 Å². The molecule has 0 saturated carbocycles. The van der Waals surface area contributed by atoms with Gasteiger partial charge in [0.25, 0.3) is 11.8 Å². The van der Waals surface area contributed by atoms with Crippen molar-refractivity contribution in [3.05, 3.63) is 87.7 Å². The van der Waals surface area contributed by atoms with Crippen LogP contribution in [0.5, 0.6) is 5.75 Å². The number of carboxylic acid groups (broad SMARTS) is 1. The standard InChI is InChI=1S/C34H34ClN7O6/c1-19-21(22-7-5-9-24(29(22)35)39-32(44)30-37-26-15-40(2)11-10-27(26)41(30)3)6-4-8-23(19)38-31(43)25-12-28-20(13-36-25)14-42(18-48-28)34(33(45)46)16-47-17-34/h4-9,12-13H,10-11,14-18H2,1-3H3,(H,38,43)(H,39,44)(H,45,46). The Morgan fingerprint density at radius 1 is 1.00 bits per heavy atom. The smallest absolute Gasteiger partial charge is 0.329 e. The third-order valence-corrected chi connectivity index (χ3v) is 9.77. The SMILES string of the molecule is Cc1c(NC(=O)c2cc3c(cn2)CN(C2(C(=O)O)COC2)CO3)cccc1-c1cccc(NC(=O)c2nc3c(n2C)CCN(C)C3)c1Cl. The first-order chi connectivity index (χ1) is 23.1. The molecule has 7 rings (SSSR count). The number of carbonyl (C=O) groups is 3. The fourth-order valence-corrected chi connectivity index (χ4v) is 6.65. The molecule has 1 saturated heterocycles. The zero-order valence-corrected chi connectivity index (χ0v) is 27.4. The molecular formula is C34H34ClN7O6. The van der Waals surface area contributed by atoms with E-state index in [-0.39, 0.29) is 31.5 Å². The van der Waals surface area contributed by atoms with Crippen LogP contribution in [0.15, 0.2) is 48.7 Å². The first-order valence-electron chi connectivity index (χ1n) is 15.5. The average Bonchev–Trinajstić information content (AvgIpc) is 3.37. The van der Waals surface area contributed by atoms with E-state index in [2.05, 4.69) is 25.5 Å². The topological polar surface area (TPSA) is 151 Å². The van der Waals surface area contributed by atoms with Crippen LogP contribution in [-0.4, -0.2) is 86.3 Å². The minimum atomic E-state index is -1.12. The lowest BCUT2D eigenvalue weighted by atomic mass is 9.94. The summed E-state index contributed by atoms with van der Waals surface area (Å²) in [5.41, 5.74) is 4.91. The van der Waals surface area contributed by atoms with Gasteiger partial charge in [0.05, 0.1) is 29.6 Å². The van der Waals surface area contributed by atoms with Crippen molar-refractivity contribution in [3.8, 4) is 16.9 Å². The van der Waals surface area contributed by atoms with Crippen LogP contribution in [0.3, 0.4) is 0 Å². The monoisotopic (exact) mass is 671 g/mol. The summed E-state index contributed by atoms with van der Waals surface area (Å²) in [6, 6.07) is 12.5. The second-order valence-corrected chi connectivity index (χ2v) is 12.8. The van der Waals surface area contributed by atoms with Gasteiger partial charge in [-0.1, -0.05) is 35.9 Å². The Kier molecular flexibility index (Phi) is 8.16. The van der Waals surface area contributed by atoms with Crippen LogP contribution in [-0.2, 0) is 36.1 Å². The van der Waals surface area contributed by atoms with E-state index in [1.165, 1.54) is 6.20 Å². The number of rotatable bonds is 7. The number of pyridine rings is 1. The van der Waals surface area contributed by atoms with Crippen LogP contribution in [0.1, 0.15) is 43.6 Å². The molecule has 4 aromatic rings. The third-order valence-electron chi connectivity index (χ3n) is 9.37. The van der Waals surface area contributed by atoms with Gasteiger partial charge in [0.2, 0.25) is 0 Å². The fourth-order valence-electron chi connectivity index (χ4n) is 6.38. The minimum absolute atomic E-state index is 0.0521. The lowest BCUT2D eigenvalue weighted by Gasteiger charge is -2.47. The van der Waals surface area contributed by atoms with Gasteiger partial charge in [0.15, 0.2) is 11.4 Å². The molecule has 2 aromatic carbocycles. The molecular weight excluding hydrogens is 638 g/mol. The summed E-state index contributed by atoms with van der Waals surface area (Å²) in [6.07, 6.45) is 2.36. The predicted molar refractivity (Wildman–Crippen MR) is 177 cm³/mol. The van der Waals surface area contributed by atoms with E-state index < -0.39 is 17.4 Å². The predicted octanol–water partition coefficient (Wildman–Crippen LogP) is 3.94. The summed E-state index contributed by atoms with van der Waals surface area (Å²) in [7, 11) is 3.89. The normalized spacial score (nSPS) is 17.0. The maximum absolute atomic E-state index is 13.3. The molecule has 0 radical (unpaired) electrons. The molecule has 1 fully saturated rings. The van der Waals surface area contributed by atoms with E-state index in [1.54, 1.807) is 23.1 Å². The van der Waals surface area contributed by atoms with Gasteiger partial charge in [-0.15, -0.1) is 0 Å². The summed E-state index contributed by atoms with van der Waals surface area (Å²) < 4.78 is 12.9. The first kappa shape index (κ1) is 31.8. The zero-order valence-electron chi connectivity index (χ0n) is 26.7. The highest BCUT2D eigenvalue weighted by atomic mass is 35.5. The summed E-state index contributed by atoms with van der Waals surface area (Å²) in [5.74, 6) is -0.945. The van der Waals surface area contributed by atoms with Crippen molar-refractivity contribution in [1.29, 1.82) is 0 Å². The van der Waals surface area contributed by atoms with Crippen LogP contribution < -0.4 is 15.4 Å². The highest BCUT2D eigenvalue weighted by Gasteiger charge is 2.52. The molecule has 2 amide bonds. The molecule has 0 bridgehead atoms. The Hall–Kier alpha value is -4.82. The van der Waals surface area contributed by atoms with E-state index in [0.29, 0.717) is 52.2 Å². The summed E-state index contributed by atoms with van der Waals surface area (Å²) in [6.45, 7) is 4.01. The Balaban J connectivity index is 1.08. The van der Waals surface area contributed by atoms with Crippen molar-refractivity contribution in [2.45, 2.75) is 32.0 Å². The molecule has 248 valence electrons. The minimum Gasteiger partial charge on any atom is -0.480 e. The number of aromatic nitrogens is 3. The van der Waals surface area contributed by atoms with Gasteiger partial charge in [-0.25, -0.2) is 9.88 Å². The van der Waals surface area contributed by atoms with Crippen LogP contribution in [0.2, 0.25) is 5.02 Å². The number of nitrogens with zero attached hydrogens (tertiary/aromatic N) is 5. The fraction of sp³-hybridized carbons (Fsp3) is 0.324. The van der Waals surface area contributed by atoms with E-state index in [0.717, 1.165) is 35.5 Å². The first-order valence-corrected chi connectivity index (χ1v) is 15.9. The number of carbonyl (C=O) groups excluding carboxylic acids is 2. The molecule has 14 heteroatoms. The number of aliphatic carboxylic acids is 1. The Bertz CT molecular complexity index is 1970. The number of likely N-dealkylation sites (N-methyl/N-ethyl adjacent to an activating group) is 1. The molecule has 2 aromatic heterocycles. The third kappa shape index (κ3) is 5.48. The number of halogens is 1. The Morgan fingerprint density at radius 2 is 1.73 bits per heavy atom. The molecule has 0 spiro atoms. The van der Waals surface area contributed by atoms with Gasteiger partial charge in [-0.05, 0) is 37.2 Å². The van der Waals surface area contributed by atoms with E-state index >= 15 is 0 Å². The summed E-state index contributed by atoms with van der Waals surface area (Å²) in [5, 5.41) is 16.0. The van der Waals surface area contributed by atoms with Crippen LogP contribution >= 0.6 is 11.6 Å². The van der Waals surface area contributed by atoms with Gasteiger partial charge >= 0.3 is 5.97 Å². The van der Waals surface area contributed by atoms with E-state index in [1.807, 2.05) is 49.9 Å². The number of carboxylic acids is 1. The second kappa shape index (κ2) is 12.3. The van der Waals surface area contributed by atoms with E-state index in [9.17, 15) is 19.5 Å². The Labute approximate surface area is 281 Å². The van der Waals surface area contributed by atoms with E-state index in [4.69, 9.17) is 21.1 Å². The summed E-state index contributed by atoms with van der Waals surface area (Å²) in [4.78, 5) is 51.4. The zero-order chi connectivity index (χ0) is 33.7. The number of imidazole rings is 1. The van der Waals surface area contributed by atoms with Gasteiger partial charge in [-0.3, -0.25) is 19.4 Å². The largest absolute Gasteiger partial charge is 0.480 e. The average molecular weight is 672 g/mol. The maximum atomic E-state index is 13.3. The molecule has 3 N–H and O–H groups in total. The number of hydrogen-bond donors (Lipinski definition) is 3. The number of anilines is 2. The molecule has 0 aliphatic carbocycles. The second-order valence-electron chi connectivity index (χ2n) is 12.4. The summed E-state index contributed by atoms with van der Waals surface area (Å²) >= 11 is 6.89. The highest BCUT2D eigenvalue weighted by Crippen LogP contribution is 2.38. The molecule has 48 heavy (non-hydrogen) atoms. The lowest BCUT2D eigenvalue weighted by Crippen LogP contribution is -2.68. The van der Waals surface area contributed by atoms with Gasteiger partial charge in [0.1, 0.15) is 18.2 Å². The quantitative estimate of drug-likeness (QED) is 0.264. The van der Waals surface area contributed by atoms with Crippen molar-refractivity contribution in [3.63, 3.8) is 0 Å². The van der Waals surface area contributed by atoms with Crippen molar-refractivity contribution in [1.82, 2.24) is 24.3 Å². The van der Waals surface area contributed by atoms with Gasteiger partial charge < -0.3 is 34.7 Å². The van der Waals surface area contributed by atoms with Crippen LogP contribution in [0.25, 0.3) is 11.1 Å². The number of nitrogens with one attached hydrogen (secondary N) is 2. The molecule has 13 nitrogen and oxygen atoms in total. The molecule has 3 aliphatic heterocycles. The lowest BCUT2D eigenvalue weighted by molar-refractivity contribution is -0.197. The van der Waals surface area contributed by atoms with Crippen molar-refractivity contribution in [2.75, 3.05) is 44.2 Å². The maximum Gasteiger partial charge on any atom is 0.329 e. The number of benzene rings is 2. The number of amides is 2.